The second-order valence-electron chi connectivity index (χ2n) is 4.00. The first-order valence-electron chi connectivity index (χ1n) is 6.53. The monoisotopic (exact) mass is 282 g/mol. The highest BCUT2D eigenvalue weighted by Gasteiger charge is 2.02. The summed E-state index contributed by atoms with van der Waals surface area (Å²) in [6, 6.07) is 7.81. The highest BCUT2D eigenvalue weighted by Crippen LogP contribution is 2.21. The molecular weight excluding hydrogens is 260 g/mol. The lowest BCUT2D eigenvalue weighted by atomic mass is 10.3. The lowest BCUT2D eigenvalue weighted by molar-refractivity contribution is -0.118. The summed E-state index contributed by atoms with van der Waals surface area (Å²) < 4.78 is 5.37. The molecule has 4 nitrogen and oxygen atoms in total. The molecule has 1 rings (SSSR count). The zero-order valence-electron chi connectivity index (χ0n) is 11.6. The molecule has 0 saturated carbocycles. The van der Waals surface area contributed by atoms with Crippen molar-refractivity contribution >= 4 is 17.7 Å². The molecule has 2 N–H and O–H groups in total. The minimum atomic E-state index is 0.0787. The molecule has 0 unspecified atom stereocenters. The van der Waals surface area contributed by atoms with E-state index < -0.39 is 0 Å². The SMILES string of the molecule is CCOc1ccc(SCC(=O)NCCCNC)cc1. The van der Waals surface area contributed by atoms with Gasteiger partial charge in [-0.1, -0.05) is 0 Å². The van der Waals surface area contributed by atoms with Crippen LogP contribution in [0.2, 0.25) is 0 Å². The third kappa shape index (κ3) is 7.08. The fourth-order valence-electron chi connectivity index (χ4n) is 1.49. The van der Waals surface area contributed by atoms with E-state index in [-0.39, 0.29) is 5.91 Å². The lowest BCUT2D eigenvalue weighted by Crippen LogP contribution is -2.27. The second-order valence-corrected chi connectivity index (χ2v) is 5.05. The number of rotatable bonds is 9. The lowest BCUT2D eigenvalue weighted by Gasteiger charge is -2.06. The van der Waals surface area contributed by atoms with Gasteiger partial charge in [-0.25, -0.2) is 0 Å². The van der Waals surface area contributed by atoms with E-state index >= 15 is 0 Å². The summed E-state index contributed by atoms with van der Waals surface area (Å²) in [7, 11) is 1.91. The topological polar surface area (TPSA) is 50.4 Å². The van der Waals surface area contributed by atoms with Gasteiger partial charge in [-0.15, -0.1) is 11.8 Å². The zero-order valence-corrected chi connectivity index (χ0v) is 12.4. The molecule has 5 heteroatoms. The molecule has 0 heterocycles. The molecule has 0 aliphatic rings. The maximum Gasteiger partial charge on any atom is 0.230 e. The molecule has 106 valence electrons. The van der Waals surface area contributed by atoms with Crippen LogP contribution in [0.1, 0.15) is 13.3 Å². The first-order valence-corrected chi connectivity index (χ1v) is 7.51. The Hall–Kier alpha value is -1.20. The Morgan fingerprint density at radius 2 is 2.00 bits per heavy atom. The standard InChI is InChI=1S/C14H22N2O2S/c1-3-18-12-5-7-13(8-6-12)19-11-14(17)16-10-4-9-15-2/h5-8,15H,3-4,9-11H2,1-2H3,(H,16,17). The van der Waals surface area contributed by atoms with Crippen LogP contribution in [-0.2, 0) is 4.79 Å². The highest BCUT2D eigenvalue weighted by molar-refractivity contribution is 8.00. The van der Waals surface area contributed by atoms with Crippen molar-refractivity contribution in [3.05, 3.63) is 24.3 Å². The number of ether oxygens (including phenoxy) is 1. The maximum atomic E-state index is 11.6. The fourth-order valence-corrected chi connectivity index (χ4v) is 2.22. The van der Waals surface area contributed by atoms with Crippen molar-refractivity contribution in [2.75, 3.05) is 32.5 Å². The summed E-state index contributed by atoms with van der Waals surface area (Å²) in [6.45, 7) is 4.28. The quantitative estimate of drug-likeness (QED) is 0.536. The molecule has 0 fully saturated rings. The van der Waals surface area contributed by atoms with Crippen LogP contribution in [0, 0.1) is 0 Å². The van der Waals surface area contributed by atoms with Crippen molar-refractivity contribution in [1.82, 2.24) is 10.6 Å². The highest BCUT2D eigenvalue weighted by atomic mass is 32.2. The van der Waals surface area contributed by atoms with Gasteiger partial charge in [0.2, 0.25) is 5.91 Å². The number of hydrogen-bond donors (Lipinski definition) is 2. The van der Waals surface area contributed by atoms with Gasteiger partial charge in [0.05, 0.1) is 12.4 Å². The van der Waals surface area contributed by atoms with E-state index in [1.807, 2.05) is 38.2 Å². The third-order valence-electron chi connectivity index (χ3n) is 2.43. The fraction of sp³-hybridized carbons (Fsp3) is 0.500. The van der Waals surface area contributed by atoms with Gasteiger partial charge in [-0.3, -0.25) is 4.79 Å². The van der Waals surface area contributed by atoms with Crippen molar-refractivity contribution in [3.8, 4) is 5.75 Å². The Morgan fingerprint density at radius 3 is 2.63 bits per heavy atom. The smallest absolute Gasteiger partial charge is 0.230 e. The van der Waals surface area contributed by atoms with Crippen molar-refractivity contribution in [2.45, 2.75) is 18.2 Å². The van der Waals surface area contributed by atoms with E-state index in [2.05, 4.69) is 10.6 Å². The largest absolute Gasteiger partial charge is 0.494 e. The van der Waals surface area contributed by atoms with Crippen molar-refractivity contribution < 1.29 is 9.53 Å². The van der Waals surface area contributed by atoms with Gasteiger partial charge < -0.3 is 15.4 Å². The molecule has 1 aromatic carbocycles. The van der Waals surface area contributed by atoms with Gasteiger partial charge in [0.1, 0.15) is 5.75 Å². The summed E-state index contributed by atoms with van der Waals surface area (Å²) in [4.78, 5) is 12.6. The molecule has 1 aromatic rings. The van der Waals surface area contributed by atoms with Crippen molar-refractivity contribution in [1.29, 1.82) is 0 Å². The summed E-state index contributed by atoms with van der Waals surface area (Å²) in [6.07, 6.45) is 0.954. The first-order chi connectivity index (χ1) is 9.26. The van der Waals surface area contributed by atoms with Crippen LogP contribution >= 0.6 is 11.8 Å². The van der Waals surface area contributed by atoms with Crippen LogP contribution in [0.5, 0.6) is 5.75 Å². The average Bonchev–Trinajstić information content (AvgIpc) is 2.43. The van der Waals surface area contributed by atoms with Gasteiger partial charge >= 0.3 is 0 Å². The number of hydrogen-bond acceptors (Lipinski definition) is 4. The number of nitrogens with one attached hydrogen (secondary N) is 2. The molecule has 0 saturated heterocycles. The number of amides is 1. The number of carbonyl (C=O) groups excluding carboxylic acids is 1. The molecule has 0 aliphatic carbocycles. The number of carbonyl (C=O) groups is 1. The van der Waals surface area contributed by atoms with Gasteiger partial charge in [-0.2, -0.15) is 0 Å². The maximum absolute atomic E-state index is 11.6. The van der Waals surface area contributed by atoms with E-state index in [0.717, 1.165) is 30.2 Å². The van der Waals surface area contributed by atoms with Gasteiger partial charge in [0, 0.05) is 11.4 Å². The Balaban J connectivity index is 2.22. The summed E-state index contributed by atoms with van der Waals surface area (Å²) in [5, 5.41) is 5.94. The molecule has 0 spiro atoms. The Morgan fingerprint density at radius 1 is 1.26 bits per heavy atom. The van der Waals surface area contributed by atoms with E-state index in [1.54, 1.807) is 0 Å². The molecule has 0 bridgehead atoms. The normalized spacial score (nSPS) is 10.2. The third-order valence-corrected chi connectivity index (χ3v) is 3.44. The van der Waals surface area contributed by atoms with Crippen LogP contribution in [0.25, 0.3) is 0 Å². The van der Waals surface area contributed by atoms with E-state index in [1.165, 1.54) is 11.8 Å². The molecule has 0 aromatic heterocycles. The summed E-state index contributed by atoms with van der Waals surface area (Å²) in [5.41, 5.74) is 0. The molecule has 0 radical (unpaired) electrons. The van der Waals surface area contributed by atoms with Crippen LogP contribution in [0.4, 0.5) is 0 Å². The number of thioether (sulfide) groups is 1. The Bertz CT molecular complexity index is 368. The minimum absolute atomic E-state index is 0.0787. The number of benzene rings is 1. The van der Waals surface area contributed by atoms with Gasteiger partial charge in [0.15, 0.2) is 0 Å². The molecule has 1 amide bonds. The van der Waals surface area contributed by atoms with Crippen LogP contribution in [0.15, 0.2) is 29.2 Å². The Kier molecular flexibility index (Phi) is 8.09. The second kappa shape index (κ2) is 9.69. The summed E-state index contributed by atoms with van der Waals surface area (Å²) >= 11 is 1.54. The van der Waals surface area contributed by atoms with Crippen molar-refractivity contribution in [2.24, 2.45) is 0 Å². The van der Waals surface area contributed by atoms with E-state index in [9.17, 15) is 4.79 Å². The Labute approximate surface area is 119 Å². The van der Waals surface area contributed by atoms with Crippen LogP contribution in [-0.4, -0.2) is 38.4 Å². The van der Waals surface area contributed by atoms with Crippen LogP contribution in [0.3, 0.4) is 0 Å². The molecule has 19 heavy (non-hydrogen) atoms. The van der Waals surface area contributed by atoms with Gasteiger partial charge in [0.25, 0.3) is 0 Å². The predicted molar refractivity (Wildman–Crippen MR) is 79.9 cm³/mol. The molecule has 0 aliphatic heterocycles. The molecule has 0 atom stereocenters. The van der Waals surface area contributed by atoms with Crippen LogP contribution < -0.4 is 15.4 Å². The molecular formula is C14H22N2O2S. The van der Waals surface area contributed by atoms with E-state index in [4.69, 9.17) is 4.74 Å². The van der Waals surface area contributed by atoms with Crippen molar-refractivity contribution in [3.63, 3.8) is 0 Å². The minimum Gasteiger partial charge on any atom is -0.494 e. The average molecular weight is 282 g/mol. The first kappa shape index (κ1) is 15.9. The predicted octanol–water partition coefficient (Wildman–Crippen LogP) is 1.90. The summed E-state index contributed by atoms with van der Waals surface area (Å²) in [5.74, 6) is 1.39. The van der Waals surface area contributed by atoms with Gasteiger partial charge in [-0.05, 0) is 51.2 Å². The zero-order chi connectivity index (χ0) is 13.9. The van der Waals surface area contributed by atoms with E-state index in [0.29, 0.717) is 12.4 Å².